The average Bonchev–Trinajstić information content (AvgIpc) is 2.83. The largest absolute Gasteiger partial charge is 0.348 e. The van der Waals surface area contributed by atoms with Gasteiger partial charge in [0.15, 0.2) is 0 Å². The van der Waals surface area contributed by atoms with E-state index in [4.69, 9.17) is 0 Å². The van der Waals surface area contributed by atoms with Crippen LogP contribution in [-0.2, 0) is 21.2 Å². The van der Waals surface area contributed by atoms with E-state index in [0.29, 0.717) is 37.0 Å². The molecule has 1 fully saturated rings. The van der Waals surface area contributed by atoms with E-state index in [2.05, 4.69) is 50.4 Å². The Hall–Kier alpha value is -2.22. The van der Waals surface area contributed by atoms with Crippen LogP contribution in [0, 0.1) is 0 Å². The van der Waals surface area contributed by atoms with Gasteiger partial charge in [-0.1, -0.05) is 57.2 Å². The van der Waals surface area contributed by atoms with Crippen LogP contribution < -0.4 is 5.32 Å². The second-order valence-electron chi connectivity index (χ2n) is 8.94. The Morgan fingerprint density at radius 2 is 1.48 bits per heavy atom. The summed E-state index contributed by atoms with van der Waals surface area (Å²) in [6.45, 7) is 10.5. The van der Waals surface area contributed by atoms with Crippen molar-refractivity contribution in [2.45, 2.75) is 57.4 Å². The van der Waals surface area contributed by atoms with Crippen LogP contribution in [0.3, 0.4) is 0 Å². The zero-order valence-electron chi connectivity index (χ0n) is 20.3. The van der Waals surface area contributed by atoms with Gasteiger partial charge in [0.25, 0.3) is 0 Å². The van der Waals surface area contributed by atoms with Gasteiger partial charge in [-0.25, -0.2) is 8.42 Å². The van der Waals surface area contributed by atoms with Crippen molar-refractivity contribution in [1.82, 2.24) is 14.5 Å². The van der Waals surface area contributed by atoms with E-state index in [0.717, 1.165) is 24.0 Å². The third-order valence-corrected chi connectivity index (χ3v) is 8.58. The summed E-state index contributed by atoms with van der Waals surface area (Å²) < 4.78 is 27.6. The van der Waals surface area contributed by atoms with Crippen molar-refractivity contribution in [1.29, 1.82) is 0 Å². The number of rotatable bonds is 9. The second-order valence-corrected chi connectivity index (χ2v) is 10.9. The number of sulfonamides is 1. The summed E-state index contributed by atoms with van der Waals surface area (Å²) in [6, 6.07) is 15.5. The van der Waals surface area contributed by atoms with E-state index < -0.39 is 10.0 Å². The van der Waals surface area contributed by atoms with Crippen LogP contribution in [0.15, 0.2) is 53.4 Å². The molecule has 0 radical (unpaired) electrons. The van der Waals surface area contributed by atoms with Crippen LogP contribution in [0.25, 0.3) is 0 Å². The van der Waals surface area contributed by atoms with Crippen LogP contribution in [0.2, 0.25) is 0 Å². The highest BCUT2D eigenvalue weighted by Crippen LogP contribution is 2.23. The third-order valence-electron chi connectivity index (χ3n) is 6.66. The zero-order chi connectivity index (χ0) is 24.0. The Morgan fingerprint density at radius 3 is 2.03 bits per heavy atom. The normalized spacial score (nSPS) is 17.5. The maximum absolute atomic E-state index is 13.0. The number of nitrogens with one attached hydrogen (secondary N) is 1. The summed E-state index contributed by atoms with van der Waals surface area (Å²) >= 11 is 0. The van der Waals surface area contributed by atoms with E-state index in [1.165, 1.54) is 9.87 Å². The maximum atomic E-state index is 13.0. The first kappa shape index (κ1) is 25.4. The fourth-order valence-corrected chi connectivity index (χ4v) is 5.52. The van der Waals surface area contributed by atoms with Crippen LogP contribution in [0.5, 0.6) is 0 Å². The molecule has 0 spiro atoms. The molecule has 0 saturated carbocycles. The van der Waals surface area contributed by atoms with Crippen LogP contribution >= 0.6 is 0 Å². The molecule has 6 nitrogen and oxygen atoms in total. The lowest BCUT2D eigenvalue weighted by Gasteiger charge is -2.33. The molecule has 2 aromatic carbocycles. The number of aryl methyl sites for hydroxylation is 1. The van der Waals surface area contributed by atoms with E-state index in [1.807, 2.05) is 24.0 Å². The van der Waals surface area contributed by atoms with Gasteiger partial charge in [0.1, 0.15) is 0 Å². The van der Waals surface area contributed by atoms with Gasteiger partial charge in [-0.3, -0.25) is 9.69 Å². The van der Waals surface area contributed by atoms with Crippen molar-refractivity contribution >= 4 is 15.9 Å². The highest BCUT2D eigenvalue weighted by molar-refractivity contribution is 7.89. The molecule has 33 heavy (non-hydrogen) atoms. The number of carbonyl (C=O) groups excluding carboxylic acids is 1. The Kier molecular flexibility index (Phi) is 8.68. The van der Waals surface area contributed by atoms with Crippen molar-refractivity contribution in [2.24, 2.45) is 0 Å². The molecular formula is C26H37N3O3S. The van der Waals surface area contributed by atoms with Gasteiger partial charge in [-0.05, 0) is 54.5 Å². The summed E-state index contributed by atoms with van der Waals surface area (Å²) in [6.07, 6.45) is 2.01. The fourth-order valence-electron chi connectivity index (χ4n) is 4.10. The molecule has 0 unspecified atom stereocenters. The number of piperazine rings is 1. The lowest BCUT2D eigenvalue weighted by molar-refractivity contribution is -0.123. The van der Waals surface area contributed by atoms with Gasteiger partial charge in [0.05, 0.1) is 17.5 Å². The molecule has 0 aromatic heterocycles. The molecule has 1 saturated heterocycles. The lowest BCUT2D eigenvalue weighted by Crippen LogP contribution is -2.51. The molecule has 180 valence electrons. The minimum atomic E-state index is -3.52. The predicted molar refractivity (Wildman–Crippen MR) is 133 cm³/mol. The second kappa shape index (κ2) is 11.3. The minimum absolute atomic E-state index is 0.0426. The predicted octanol–water partition coefficient (Wildman–Crippen LogP) is 3.95. The molecule has 3 rings (SSSR count). The van der Waals surface area contributed by atoms with Crippen molar-refractivity contribution in [2.75, 3.05) is 32.7 Å². The number of nitrogens with zero attached hydrogens (tertiary/aromatic N) is 2. The van der Waals surface area contributed by atoms with Crippen LogP contribution in [-0.4, -0.2) is 56.3 Å². The molecule has 1 N–H and O–H groups in total. The van der Waals surface area contributed by atoms with Gasteiger partial charge in [0.2, 0.25) is 15.9 Å². The van der Waals surface area contributed by atoms with Gasteiger partial charge in [-0.2, -0.15) is 4.31 Å². The molecule has 2 atom stereocenters. The van der Waals surface area contributed by atoms with Gasteiger partial charge in [-0.15, -0.1) is 0 Å². The highest BCUT2D eigenvalue weighted by atomic mass is 32.2. The van der Waals surface area contributed by atoms with Crippen LogP contribution in [0.1, 0.15) is 62.8 Å². The number of carbonyl (C=O) groups is 1. The molecule has 1 heterocycles. The first-order chi connectivity index (χ1) is 15.7. The summed E-state index contributed by atoms with van der Waals surface area (Å²) in [4.78, 5) is 14.9. The summed E-state index contributed by atoms with van der Waals surface area (Å²) in [5.41, 5.74) is 3.51. The third kappa shape index (κ3) is 6.43. The van der Waals surface area contributed by atoms with Crippen molar-refractivity contribution in [3.05, 3.63) is 65.2 Å². The SMILES string of the molecule is CCc1ccc([C@@H](C)NC(=O)CN2CCN(S(=O)(=O)c3ccc([C@@H](C)CC)cc3)CC2)cc1. The van der Waals surface area contributed by atoms with Gasteiger partial charge in [0, 0.05) is 26.2 Å². The number of benzene rings is 2. The van der Waals surface area contributed by atoms with Crippen LogP contribution in [0.4, 0.5) is 0 Å². The molecule has 2 aromatic rings. The van der Waals surface area contributed by atoms with E-state index >= 15 is 0 Å². The number of amides is 1. The summed E-state index contributed by atoms with van der Waals surface area (Å²) in [7, 11) is -3.52. The van der Waals surface area contributed by atoms with Gasteiger partial charge >= 0.3 is 0 Å². The zero-order valence-corrected chi connectivity index (χ0v) is 21.1. The first-order valence-electron chi connectivity index (χ1n) is 11.9. The lowest BCUT2D eigenvalue weighted by atomic mass is 9.99. The number of hydrogen-bond acceptors (Lipinski definition) is 4. The average molecular weight is 472 g/mol. The molecule has 0 bridgehead atoms. The Labute approximate surface area is 199 Å². The molecule has 0 aliphatic carbocycles. The Morgan fingerprint density at radius 1 is 0.909 bits per heavy atom. The summed E-state index contributed by atoms with van der Waals surface area (Å²) in [5.74, 6) is 0.369. The molecule has 7 heteroatoms. The Bertz CT molecular complexity index is 1010. The quantitative estimate of drug-likeness (QED) is 0.601. The van der Waals surface area contributed by atoms with Crippen molar-refractivity contribution in [3.8, 4) is 0 Å². The molecule has 1 aliphatic rings. The monoisotopic (exact) mass is 471 g/mol. The standard InChI is InChI=1S/C26H37N3O3S/c1-5-20(3)23-11-13-25(14-12-23)33(31,32)29-17-15-28(16-18-29)19-26(30)27-21(4)24-9-7-22(6-2)8-10-24/h7-14,20-21H,5-6,15-19H2,1-4H3,(H,27,30)/t20-,21+/m0/s1. The van der Waals surface area contributed by atoms with Crippen molar-refractivity contribution < 1.29 is 13.2 Å². The van der Waals surface area contributed by atoms with Gasteiger partial charge < -0.3 is 5.32 Å². The smallest absolute Gasteiger partial charge is 0.243 e. The first-order valence-corrected chi connectivity index (χ1v) is 13.4. The molecule has 1 aliphatic heterocycles. The van der Waals surface area contributed by atoms with E-state index in [1.54, 1.807) is 12.1 Å². The highest BCUT2D eigenvalue weighted by Gasteiger charge is 2.29. The molecular weight excluding hydrogens is 434 g/mol. The molecule has 1 amide bonds. The van der Waals surface area contributed by atoms with E-state index in [-0.39, 0.29) is 18.5 Å². The van der Waals surface area contributed by atoms with Crippen molar-refractivity contribution in [3.63, 3.8) is 0 Å². The maximum Gasteiger partial charge on any atom is 0.243 e. The summed E-state index contributed by atoms with van der Waals surface area (Å²) in [5, 5.41) is 3.05. The topological polar surface area (TPSA) is 69.7 Å². The number of hydrogen-bond donors (Lipinski definition) is 1. The van der Waals surface area contributed by atoms with E-state index in [9.17, 15) is 13.2 Å². The Balaban J connectivity index is 1.50. The fraction of sp³-hybridized carbons (Fsp3) is 0.500. The minimum Gasteiger partial charge on any atom is -0.348 e.